The fourth-order valence-electron chi connectivity index (χ4n) is 1.79. The molecule has 0 aliphatic heterocycles. The number of aromatic nitrogens is 1. The van der Waals surface area contributed by atoms with Gasteiger partial charge in [-0.15, -0.1) is 0 Å². The molecular formula is C15H18N2O. The minimum atomic E-state index is 0.774. The summed E-state index contributed by atoms with van der Waals surface area (Å²) >= 11 is 0. The highest BCUT2D eigenvalue weighted by Crippen LogP contribution is 2.22. The molecule has 3 nitrogen and oxygen atoms in total. The number of nitrogens with zero attached hydrogens (tertiary/aromatic N) is 1. The maximum Gasteiger partial charge on any atom is 0.146 e. The van der Waals surface area contributed by atoms with Gasteiger partial charge in [-0.25, -0.2) is 0 Å². The Labute approximate surface area is 108 Å². The minimum absolute atomic E-state index is 0.774. The summed E-state index contributed by atoms with van der Waals surface area (Å²) in [5.74, 6) is 1.63. The molecule has 0 aliphatic rings. The smallest absolute Gasteiger partial charge is 0.146 e. The topological polar surface area (TPSA) is 34.1 Å². The molecule has 0 spiro atoms. The Bertz CT molecular complexity index is 511. The van der Waals surface area contributed by atoms with Gasteiger partial charge in [-0.2, -0.15) is 0 Å². The summed E-state index contributed by atoms with van der Waals surface area (Å²) in [5.41, 5.74) is 2.38. The van der Waals surface area contributed by atoms with Crippen LogP contribution in [0, 0.1) is 0 Å². The predicted molar refractivity (Wildman–Crippen MR) is 72.9 cm³/mol. The first-order valence-corrected chi connectivity index (χ1v) is 6.17. The van der Waals surface area contributed by atoms with Crippen molar-refractivity contribution in [1.82, 2.24) is 10.3 Å². The third-order valence-electron chi connectivity index (χ3n) is 2.69. The molecule has 0 amide bonds. The van der Waals surface area contributed by atoms with E-state index in [0.29, 0.717) is 0 Å². The zero-order valence-electron chi connectivity index (χ0n) is 10.8. The molecule has 1 N–H and O–H groups in total. The van der Waals surface area contributed by atoms with Crippen molar-refractivity contribution in [3.63, 3.8) is 0 Å². The summed E-state index contributed by atoms with van der Waals surface area (Å²) in [6, 6.07) is 10.1. The summed E-state index contributed by atoms with van der Waals surface area (Å²) < 4.78 is 5.82. The average molecular weight is 242 g/mol. The summed E-state index contributed by atoms with van der Waals surface area (Å²) in [6.07, 6.45) is 4.58. The molecule has 3 heteroatoms. The zero-order chi connectivity index (χ0) is 12.8. The summed E-state index contributed by atoms with van der Waals surface area (Å²) in [4.78, 5) is 4.18. The van der Waals surface area contributed by atoms with Crippen molar-refractivity contribution in [2.45, 2.75) is 19.9 Å². The summed E-state index contributed by atoms with van der Waals surface area (Å²) in [7, 11) is 1.91. The van der Waals surface area contributed by atoms with Crippen molar-refractivity contribution in [1.29, 1.82) is 0 Å². The van der Waals surface area contributed by atoms with Crippen LogP contribution in [0.25, 0.3) is 0 Å². The normalized spacial score (nSPS) is 10.3. The number of ether oxygens (including phenoxy) is 1. The largest absolute Gasteiger partial charge is 0.456 e. The van der Waals surface area contributed by atoms with Crippen molar-refractivity contribution in [3.8, 4) is 11.5 Å². The van der Waals surface area contributed by atoms with Gasteiger partial charge in [-0.1, -0.05) is 19.1 Å². The number of pyridine rings is 1. The number of hydrogen-bond acceptors (Lipinski definition) is 3. The van der Waals surface area contributed by atoms with Gasteiger partial charge in [0.2, 0.25) is 0 Å². The molecule has 18 heavy (non-hydrogen) atoms. The lowest BCUT2D eigenvalue weighted by atomic mass is 10.2. The Hall–Kier alpha value is -1.87. The Morgan fingerprint density at radius 1 is 1.11 bits per heavy atom. The summed E-state index contributed by atoms with van der Waals surface area (Å²) in [6.45, 7) is 2.92. The van der Waals surface area contributed by atoms with Crippen molar-refractivity contribution < 1.29 is 4.74 Å². The fourth-order valence-corrected chi connectivity index (χ4v) is 1.79. The first-order valence-electron chi connectivity index (χ1n) is 6.17. The van der Waals surface area contributed by atoms with Crippen LogP contribution in [0.4, 0.5) is 0 Å². The molecule has 94 valence electrons. The maximum absolute atomic E-state index is 5.82. The van der Waals surface area contributed by atoms with Crippen LogP contribution in [0.2, 0.25) is 0 Å². The van der Waals surface area contributed by atoms with E-state index < -0.39 is 0 Å². The van der Waals surface area contributed by atoms with E-state index in [1.807, 2.05) is 31.4 Å². The van der Waals surface area contributed by atoms with Crippen molar-refractivity contribution in [2.24, 2.45) is 0 Å². The van der Waals surface area contributed by atoms with E-state index in [2.05, 4.69) is 29.4 Å². The number of rotatable bonds is 5. The summed E-state index contributed by atoms with van der Waals surface area (Å²) in [5, 5.41) is 3.10. The molecular weight excluding hydrogens is 224 g/mol. The molecule has 0 radical (unpaired) electrons. The van der Waals surface area contributed by atoms with Crippen molar-refractivity contribution in [3.05, 3.63) is 53.9 Å². The fraction of sp³-hybridized carbons (Fsp3) is 0.267. The average Bonchev–Trinajstić information content (AvgIpc) is 2.40. The molecule has 0 unspecified atom stereocenters. The van der Waals surface area contributed by atoms with Gasteiger partial charge in [-0.05, 0) is 42.8 Å². The van der Waals surface area contributed by atoms with Crippen LogP contribution < -0.4 is 10.1 Å². The first kappa shape index (κ1) is 12.6. The van der Waals surface area contributed by atoms with Crippen molar-refractivity contribution >= 4 is 0 Å². The third kappa shape index (κ3) is 3.31. The monoisotopic (exact) mass is 242 g/mol. The molecule has 2 aromatic rings. The SMILES string of the molecule is CCc1cccc(Oc2cncc(CNC)c2)c1. The second kappa shape index (κ2) is 6.17. The highest BCUT2D eigenvalue weighted by Gasteiger charge is 2.00. The molecule has 0 saturated heterocycles. The van der Waals surface area contributed by atoms with E-state index in [1.54, 1.807) is 6.20 Å². The second-order valence-electron chi connectivity index (χ2n) is 4.16. The lowest BCUT2D eigenvalue weighted by molar-refractivity contribution is 0.478. The van der Waals surface area contributed by atoms with Crippen LogP contribution in [0.5, 0.6) is 11.5 Å². The van der Waals surface area contributed by atoms with Crippen LogP contribution in [0.3, 0.4) is 0 Å². The molecule has 2 rings (SSSR count). The molecule has 0 fully saturated rings. The second-order valence-corrected chi connectivity index (χ2v) is 4.16. The molecule has 0 atom stereocenters. The van der Waals surface area contributed by atoms with Gasteiger partial charge < -0.3 is 10.1 Å². The Balaban J connectivity index is 2.14. The van der Waals surface area contributed by atoms with Gasteiger partial charge in [0.25, 0.3) is 0 Å². The van der Waals surface area contributed by atoms with Crippen LogP contribution >= 0.6 is 0 Å². The van der Waals surface area contributed by atoms with Crippen molar-refractivity contribution in [2.75, 3.05) is 7.05 Å². The Kier molecular flexibility index (Phi) is 4.31. The molecule has 1 aromatic heterocycles. The molecule has 1 heterocycles. The maximum atomic E-state index is 5.82. The molecule has 0 aliphatic carbocycles. The number of aryl methyl sites for hydroxylation is 1. The first-order chi connectivity index (χ1) is 8.81. The quantitative estimate of drug-likeness (QED) is 0.874. The van der Waals surface area contributed by atoms with Gasteiger partial charge >= 0.3 is 0 Å². The van der Waals surface area contributed by atoms with Gasteiger partial charge in [0, 0.05) is 12.7 Å². The van der Waals surface area contributed by atoms with E-state index >= 15 is 0 Å². The predicted octanol–water partition coefficient (Wildman–Crippen LogP) is 3.16. The third-order valence-corrected chi connectivity index (χ3v) is 2.69. The standard InChI is InChI=1S/C15H18N2O/c1-3-12-5-4-6-14(7-12)18-15-8-13(9-16-2)10-17-11-15/h4-8,10-11,16H,3,9H2,1-2H3. The van der Waals surface area contributed by atoms with Crippen LogP contribution in [0.1, 0.15) is 18.1 Å². The highest BCUT2D eigenvalue weighted by molar-refractivity contribution is 5.34. The van der Waals surface area contributed by atoms with E-state index in [1.165, 1.54) is 5.56 Å². The van der Waals surface area contributed by atoms with Crippen LogP contribution in [0.15, 0.2) is 42.7 Å². The van der Waals surface area contributed by atoms with E-state index in [4.69, 9.17) is 4.74 Å². The van der Waals surface area contributed by atoms with Gasteiger partial charge in [0.15, 0.2) is 0 Å². The molecule has 0 saturated carbocycles. The van der Waals surface area contributed by atoms with Gasteiger partial charge in [-0.3, -0.25) is 4.98 Å². The molecule has 0 bridgehead atoms. The Morgan fingerprint density at radius 2 is 1.94 bits per heavy atom. The lowest BCUT2D eigenvalue weighted by Crippen LogP contribution is -2.05. The highest BCUT2D eigenvalue weighted by atomic mass is 16.5. The number of nitrogens with one attached hydrogen (secondary N) is 1. The zero-order valence-corrected chi connectivity index (χ0v) is 10.8. The Morgan fingerprint density at radius 3 is 2.72 bits per heavy atom. The van der Waals surface area contributed by atoms with Gasteiger partial charge in [0.05, 0.1) is 6.20 Å². The van der Waals surface area contributed by atoms with E-state index in [9.17, 15) is 0 Å². The lowest BCUT2D eigenvalue weighted by Gasteiger charge is -2.08. The van der Waals surface area contributed by atoms with E-state index in [-0.39, 0.29) is 0 Å². The van der Waals surface area contributed by atoms with Crippen LogP contribution in [-0.2, 0) is 13.0 Å². The van der Waals surface area contributed by atoms with Gasteiger partial charge in [0.1, 0.15) is 11.5 Å². The van der Waals surface area contributed by atoms with E-state index in [0.717, 1.165) is 30.0 Å². The number of hydrogen-bond donors (Lipinski definition) is 1. The molecule has 1 aromatic carbocycles. The minimum Gasteiger partial charge on any atom is -0.456 e. The van der Waals surface area contributed by atoms with Crippen LogP contribution in [-0.4, -0.2) is 12.0 Å². The number of benzene rings is 1.